The van der Waals surface area contributed by atoms with Crippen molar-refractivity contribution in [3.63, 3.8) is 0 Å². The Morgan fingerprint density at radius 1 is 1.20 bits per heavy atom. The first kappa shape index (κ1) is 14.4. The fourth-order valence-corrected chi connectivity index (χ4v) is 2.08. The van der Waals surface area contributed by atoms with Crippen molar-refractivity contribution in [3.05, 3.63) is 64.7 Å². The number of hydrogen-bond donors (Lipinski definition) is 1. The summed E-state index contributed by atoms with van der Waals surface area (Å²) in [6.07, 6.45) is 0. The minimum atomic E-state index is -0.803. The Labute approximate surface area is 126 Å². The summed E-state index contributed by atoms with van der Waals surface area (Å²) in [6, 6.07) is 15.6. The molecule has 0 heterocycles. The molecule has 20 heavy (non-hydrogen) atoms. The molecule has 1 amide bonds. The van der Waals surface area contributed by atoms with E-state index in [-0.39, 0.29) is 5.91 Å². The summed E-state index contributed by atoms with van der Waals surface area (Å²) in [5, 5.41) is 10.9. The number of carbonyl (C=O) groups excluding carboxylic acids is 1. The van der Waals surface area contributed by atoms with Gasteiger partial charge in [0.1, 0.15) is 5.38 Å². The number of nitriles is 1. The number of alkyl halides is 1. The Balaban J connectivity index is 2.14. The lowest BCUT2D eigenvalue weighted by atomic mass is 10.1. The van der Waals surface area contributed by atoms with E-state index in [1.54, 1.807) is 24.3 Å². The maximum atomic E-state index is 12.1. The van der Waals surface area contributed by atoms with Gasteiger partial charge in [-0.3, -0.25) is 4.79 Å². The van der Waals surface area contributed by atoms with E-state index in [0.717, 1.165) is 0 Å². The molecule has 1 atom stereocenters. The van der Waals surface area contributed by atoms with Crippen LogP contribution in [0.5, 0.6) is 0 Å². The van der Waals surface area contributed by atoms with Gasteiger partial charge in [-0.2, -0.15) is 5.26 Å². The van der Waals surface area contributed by atoms with Gasteiger partial charge in [0, 0.05) is 0 Å². The van der Waals surface area contributed by atoms with E-state index in [4.69, 9.17) is 28.5 Å². The summed E-state index contributed by atoms with van der Waals surface area (Å²) >= 11 is 12.1. The van der Waals surface area contributed by atoms with Crippen LogP contribution in [0.4, 0.5) is 5.69 Å². The standard InChI is InChI=1S/C15H10Cl2N2O/c16-12-8-10(9-18)6-7-13(12)19-15(20)14(17)11-4-2-1-3-5-11/h1-8,14H,(H,19,20). The van der Waals surface area contributed by atoms with Gasteiger partial charge < -0.3 is 5.32 Å². The van der Waals surface area contributed by atoms with E-state index < -0.39 is 5.38 Å². The predicted octanol–water partition coefficient (Wildman–Crippen LogP) is 4.13. The van der Waals surface area contributed by atoms with Crippen LogP contribution in [0.1, 0.15) is 16.5 Å². The van der Waals surface area contributed by atoms with Gasteiger partial charge in [0.05, 0.1) is 22.3 Å². The Morgan fingerprint density at radius 2 is 1.90 bits per heavy atom. The fraction of sp³-hybridized carbons (Fsp3) is 0.0667. The number of anilines is 1. The second kappa shape index (κ2) is 6.42. The lowest BCUT2D eigenvalue weighted by Crippen LogP contribution is -2.17. The summed E-state index contributed by atoms with van der Waals surface area (Å²) in [6.45, 7) is 0. The minimum absolute atomic E-state index is 0.300. The van der Waals surface area contributed by atoms with E-state index in [1.165, 1.54) is 6.07 Å². The van der Waals surface area contributed by atoms with Crippen molar-refractivity contribution in [1.29, 1.82) is 5.26 Å². The molecular weight excluding hydrogens is 295 g/mol. The van der Waals surface area contributed by atoms with Crippen molar-refractivity contribution in [2.75, 3.05) is 5.32 Å². The van der Waals surface area contributed by atoms with Gasteiger partial charge in [-0.05, 0) is 23.8 Å². The first-order valence-electron chi connectivity index (χ1n) is 5.81. The van der Waals surface area contributed by atoms with Crippen LogP contribution in [-0.2, 0) is 4.79 Å². The molecule has 2 aromatic rings. The van der Waals surface area contributed by atoms with Gasteiger partial charge in [-0.15, -0.1) is 11.6 Å². The number of benzene rings is 2. The molecule has 0 radical (unpaired) electrons. The molecule has 0 bridgehead atoms. The van der Waals surface area contributed by atoms with Gasteiger partial charge in [0.2, 0.25) is 5.91 Å². The second-order valence-electron chi connectivity index (χ2n) is 4.07. The van der Waals surface area contributed by atoms with Gasteiger partial charge >= 0.3 is 0 Å². The normalized spacial score (nSPS) is 11.4. The van der Waals surface area contributed by atoms with Crippen LogP contribution >= 0.6 is 23.2 Å². The zero-order valence-corrected chi connectivity index (χ0v) is 11.8. The summed E-state index contributed by atoms with van der Waals surface area (Å²) < 4.78 is 0. The van der Waals surface area contributed by atoms with Crippen LogP contribution in [0.15, 0.2) is 48.5 Å². The Kier molecular flexibility index (Phi) is 4.62. The highest BCUT2D eigenvalue weighted by Gasteiger charge is 2.18. The van der Waals surface area contributed by atoms with Crippen molar-refractivity contribution >= 4 is 34.8 Å². The quantitative estimate of drug-likeness (QED) is 0.867. The van der Waals surface area contributed by atoms with Crippen molar-refractivity contribution in [1.82, 2.24) is 0 Å². The highest BCUT2D eigenvalue weighted by atomic mass is 35.5. The van der Waals surface area contributed by atoms with Crippen LogP contribution < -0.4 is 5.32 Å². The molecule has 0 saturated carbocycles. The third-order valence-corrected chi connectivity index (χ3v) is 3.44. The van der Waals surface area contributed by atoms with Gasteiger partial charge in [0.15, 0.2) is 0 Å². The van der Waals surface area contributed by atoms with E-state index in [9.17, 15) is 4.79 Å². The molecule has 0 aliphatic heterocycles. The average molecular weight is 305 g/mol. The van der Waals surface area contributed by atoms with E-state index in [1.807, 2.05) is 24.3 Å². The van der Waals surface area contributed by atoms with Crippen LogP contribution in [0.2, 0.25) is 5.02 Å². The summed E-state index contributed by atoms with van der Waals surface area (Å²) in [5.74, 6) is -0.371. The highest BCUT2D eigenvalue weighted by Crippen LogP contribution is 2.26. The largest absolute Gasteiger partial charge is 0.323 e. The summed E-state index contributed by atoms with van der Waals surface area (Å²) in [4.78, 5) is 12.1. The number of carbonyl (C=O) groups is 1. The topological polar surface area (TPSA) is 52.9 Å². The van der Waals surface area contributed by atoms with Gasteiger partial charge in [0.25, 0.3) is 0 Å². The van der Waals surface area contributed by atoms with E-state index >= 15 is 0 Å². The molecule has 3 nitrogen and oxygen atoms in total. The van der Waals surface area contributed by atoms with E-state index in [2.05, 4.69) is 5.32 Å². The average Bonchev–Trinajstić information content (AvgIpc) is 2.49. The first-order valence-corrected chi connectivity index (χ1v) is 6.63. The third-order valence-electron chi connectivity index (χ3n) is 2.68. The van der Waals surface area contributed by atoms with Gasteiger partial charge in [-0.25, -0.2) is 0 Å². The molecule has 0 fully saturated rings. The third kappa shape index (κ3) is 3.30. The van der Waals surface area contributed by atoms with Crippen LogP contribution in [-0.4, -0.2) is 5.91 Å². The number of nitrogens with one attached hydrogen (secondary N) is 1. The molecule has 100 valence electrons. The smallest absolute Gasteiger partial charge is 0.247 e. The molecule has 2 aromatic carbocycles. The molecular formula is C15H10Cl2N2O. The Bertz CT molecular complexity index is 665. The maximum Gasteiger partial charge on any atom is 0.247 e. The zero-order valence-electron chi connectivity index (χ0n) is 10.3. The van der Waals surface area contributed by atoms with Crippen LogP contribution in [0.3, 0.4) is 0 Å². The molecule has 0 spiro atoms. The molecule has 0 saturated heterocycles. The van der Waals surface area contributed by atoms with E-state index in [0.29, 0.717) is 21.8 Å². The molecule has 1 N–H and O–H groups in total. The number of nitrogens with zero attached hydrogens (tertiary/aromatic N) is 1. The minimum Gasteiger partial charge on any atom is -0.323 e. The lowest BCUT2D eigenvalue weighted by Gasteiger charge is -2.12. The predicted molar refractivity (Wildman–Crippen MR) is 79.8 cm³/mol. The molecule has 0 aliphatic rings. The second-order valence-corrected chi connectivity index (χ2v) is 4.91. The monoisotopic (exact) mass is 304 g/mol. The fourth-order valence-electron chi connectivity index (χ4n) is 1.66. The van der Waals surface area contributed by atoms with Crippen molar-refractivity contribution in [2.45, 2.75) is 5.38 Å². The van der Waals surface area contributed by atoms with Crippen molar-refractivity contribution in [2.24, 2.45) is 0 Å². The summed E-state index contributed by atoms with van der Waals surface area (Å²) in [5.41, 5.74) is 1.56. The Hall–Kier alpha value is -2.02. The molecule has 0 aliphatic carbocycles. The van der Waals surface area contributed by atoms with Crippen LogP contribution in [0, 0.1) is 11.3 Å². The molecule has 0 aromatic heterocycles. The summed E-state index contributed by atoms with van der Waals surface area (Å²) in [7, 11) is 0. The Morgan fingerprint density at radius 3 is 2.50 bits per heavy atom. The molecule has 2 rings (SSSR count). The molecule has 1 unspecified atom stereocenters. The number of rotatable bonds is 3. The SMILES string of the molecule is N#Cc1ccc(NC(=O)C(Cl)c2ccccc2)c(Cl)c1. The first-order chi connectivity index (χ1) is 9.61. The number of hydrogen-bond acceptors (Lipinski definition) is 2. The molecule has 5 heteroatoms. The van der Waals surface area contributed by atoms with Crippen molar-refractivity contribution in [3.8, 4) is 6.07 Å². The maximum absolute atomic E-state index is 12.1. The van der Waals surface area contributed by atoms with Crippen LogP contribution in [0.25, 0.3) is 0 Å². The number of halogens is 2. The zero-order chi connectivity index (χ0) is 14.5. The van der Waals surface area contributed by atoms with Gasteiger partial charge in [-0.1, -0.05) is 41.9 Å². The lowest BCUT2D eigenvalue weighted by molar-refractivity contribution is -0.116. The number of amides is 1. The van der Waals surface area contributed by atoms with Crippen molar-refractivity contribution < 1.29 is 4.79 Å². The highest BCUT2D eigenvalue weighted by molar-refractivity contribution is 6.35.